The lowest BCUT2D eigenvalue weighted by molar-refractivity contribution is 0.0950. The first-order chi connectivity index (χ1) is 13.5. The molecule has 0 radical (unpaired) electrons. The number of ether oxygens (including phenoxy) is 2. The summed E-state index contributed by atoms with van der Waals surface area (Å²) >= 11 is 6.07. The average Bonchev–Trinajstić information content (AvgIpc) is 2.72. The third-order valence-electron chi connectivity index (χ3n) is 4.11. The zero-order valence-corrected chi connectivity index (χ0v) is 16.1. The van der Waals surface area contributed by atoms with Crippen molar-refractivity contribution in [3.8, 4) is 22.8 Å². The van der Waals surface area contributed by atoms with E-state index in [1.54, 1.807) is 44.6 Å². The van der Waals surface area contributed by atoms with E-state index >= 15 is 0 Å². The number of nitrogens with one attached hydrogen (secondary N) is 1. The predicted molar refractivity (Wildman–Crippen MR) is 105 cm³/mol. The summed E-state index contributed by atoms with van der Waals surface area (Å²) < 4.78 is 24.9. The van der Waals surface area contributed by atoms with Crippen LogP contribution in [0, 0.1) is 5.82 Å². The summed E-state index contributed by atoms with van der Waals surface area (Å²) in [7, 11) is 3.10. The van der Waals surface area contributed by atoms with Crippen molar-refractivity contribution in [1.82, 2.24) is 10.3 Å². The summed E-state index contributed by atoms with van der Waals surface area (Å²) in [4.78, 5) is 16.5. The van der Waals surface area contributed by atoms with Crippen LogP contribution in [0.2, 0.25) is 5.02 Å². The second-order valence-corrected chi connectivity index (χ2v) is 6.34. The number of halogens is 2. The highest BCUT2D eigenvalue weighted by Gasteiger charge is 2.14. The van der Waals surface area contributed by atoms with Crippen LogP contribution in [0.1, 0.15) is 15.9 Å². The van der Waals surface area contributed by atoms with Gasteiger partial charge in [0.25, 0.3) is 5.91 Å². The molecular formula is C21H18ClFN2O3. The molecule has 1 N–H and O–H groups in total. The highest BCUT2D eigenvalue weighted by Crippen LogP contribution is 2.28. The van der Waals surface area contributed by atoms with Crippen LogP contribution in [0.25, 0.3) is 11.3 Å². The maximum absolute atomic E-state index is 14.5. The molecule has 0 spiro atoms. The monoisotopic (exact) mass is 400 g/mol. The summed E-state index contributed by atoms with van der Waals surface area (Å²) in [5, 5.41) is 3.10. The molecule has 0 unspecified atom stereocenters. The molecule has 3 aromatic rings. The zero-order chi connectivity index (χ0) is 20.1. The topological polar surface area (TPSA) is 60.5 Å². The van der Waals surface area contributed by atoms with Crippen molar-refractivity contribution in [2.45, 2.75) is 6.54 Å². The Morgan fingerprint density at radius 3 is 2.43 bits per heavy atom. The van der Waals surface area contributed by atoms with Gasteiger partial charge < -0.3 is 14.8 Å². The molecule has 2 aromatic carbocycles. The van der Waals surface area contributed by atoms with E-state index in [1.807, 2.05) is 0 Å². The zero-order valence-electron chi connectivity index (χ0n) is 15.3. The maximum Gasteiger partial charge on any atom is 0.251 e. The van der Waals surface area contributed by atoms with Crippen molar-refractivity contribution in [2.24, 2.45) is 0 Å². The van der Waals surface area contributed by atoms with Crippen molar-refractivity contribution in [3.05, 3.63) is 76.7 Å². The number of rotatable bonds is 6. The number of benzene rings is 2. The summed E-state index contributed by atoms with van der Waals surface area (Å²) in [6, 6.07) is 12.8. The standard InChI is InChI=1S/C21H18ClFN2O3/c1-27-15-8-13(9-16(11-15)28-2)12-25-21(26)14-5-6-17(19(23)10-14)20-18(22)4-3-7-24-20/h3-11H,12H2,1-2H3,(H,25,26). The molecule has 1 heterocycles. The molecule has 0 saturated heterocycles. The molecule has 0 fully saturated rings. The molecule has 0 atom stereocenters. The van der Waals surface area contributed by atoms with Crippen LogP contribution in [-0.4, -0.2) is 25.1 Å². The molecule has 1 aromatic heterocycles. The number of pyridine rings is 1. The highest BCUT2D eigenvalue weighted by molar-refractivity contribution is 6.33. The summed E-state index contributed by atoms with van der Waals surface area (Å²) in [6.45, 7) is 0.238. The first-order valence-electron chi connectivity index (χ1n) is 8.42. The molecular weight excluding hydrogens is 383 g/mol. The molecule has 7 heteroatoms. The quantitative estimate of drug-likeness (QED) is 0.662. The molecule has 28 heavy (non-hydrogen) atoms. The van der Waals surface area contributed by atoms with Crippen molar-refractivity contribution >= 4 is 17.5 Å². The van der Waals surface area contributed by atoms with E-state index in [0.29, 0.717) is 22.2 Å². The first kappa shape index (κ1) is 19.6. The fourth-order valence-electron chi connectivity index (χ4n) is 2.69. The van der Waals surface area contributed by atoms with Crippen molar-refractivity contribution < 1.29 is 18.7 Å². The van der Waals surface area contributed by atoms with Gasteiger partial charge in [0.05, 0.1) is 24.9 Å². The van der Waals surface area contributed by atoms with Gasteiger partial charge in [-0.05, 0) is 48.0 Å². The van der Waals surface area contributed by atoms with Crippen LogP contribution in [-0.2, 0) is 6.54 Å². The Kier molecular flexibility index (Phi) is 6.11. The average molecular weight is 401 g/mol. The van der Waals surface area contributed by atoms with Crippen molar-refractivity contribution in [1.29, 1.82) is 0 Å². The second-order valence-electron chi connectivity index (χ2n) is 5.93. The minimum absolute atomic E-state index is 0.197. The maximum atomic E-state index is 14.5. The summed E-state index contributed by atoms with van der Waals surface area (Å²) in [5.41, 5.74) is 1.56. The largest absolute Gasteiger partial charge is 0.497 e. The molecule has 5 nitrogen and oxygen atoms in total. The Hall–Kier alpha value is -3.12. The lowest BCUT2D eigenvalue weighted by atomic mass is 10.1. The van der Waals surface area contributed by atoms with E-state index in [2.05, 4.69) is 10.3 Å². The van der Waals surface area contributed by atoms with Gasteiger partial charge in [0, 0.05) is 29.9 Å². The summed E-state index contributed by atoms with van der Waals surface area (Å²) in [6.07, 6.45) is 1.53. The van der Waals surface area contributed by atoms with Gasteiger partial charge in [0.1, 0.15) is 17.3 Å². The molecule has 0 aliphatic heterocycles. The number of carbonyl (C=O) groups excluding carboxylic acids is 1. The van der Waals surface area contributed by atoms with Gasteiger partial charge in [0.15, 0.2) is 0 Å². The lowest BCUT2D eigenvalue weighted by Crippen LogP contribution is -2.23. The van der Waals surface area contributed by atoms with Crippen LogP contribution >= 0.6 is 11.6 Å². The van der Waals surface area contributed by atoms with Gasteiger partial charge in [-0.15, -0.1) is 0 Å². The van der Waals surface area contributed by atoms with E-state index in [4.69, 9.17) is 21.1 Å². The van der Waals surface area contributed by atoms with Crippen LogP contribution < -0.4 is 14.8 Å². The van der Waals surface area contributed by atoms with Crippen molar-refractivity contribution in [2.75, 3.05) is 14.2 Å². The minimum Gasteiger partial charge on any atom is -0.497 e. The molecule has 3 rings (SSSR count). The predicted octanol–water partition coefficient (Wildman–Crippen LogP) is 4.49. The number of aromatic nitrogens is 1. The molecule has 0 aliphatic rings. The van der Waals surface area contributed by atoms with Crippen LogP contribution in [0.5, 0.6) is 11.5 Å². The van der Waals surface area contributed by atoms with Gasteiger partial charge in [0.2, 0.25) is 0 Å². The van der Waals surface area contributed by atoms with E-state index in [0.717, 1.165) is 5.56 Å². The van der Waals surface area contributed by atoms with Crippen LogP contribution in [0.3, 0.4) is 0 Å². The van der Waals surface area contributed by atoms with Gasteiger partial charge in [-0.25, -0.2) is 4.39 Å². The third kappa shape index (κ3) is 4.40. The van der Waals surface area contributed by atoms with Crippen LogP contribution in [0.4, 0.5) is 4.39 Å². The number of amides is 1. The molecule has 144 valence electrons. The van der Waals surface area contributed by atoms with Gasteiger partial charge in [-0.1, -0.05) is 11.6 Å². The van der Waals surface area contributed by atoms with Gasteiger partial charge in [-0.2, -0.15) is 0 Å². The number of hydrogen-bond acceptors (Lipinski definition) is 4. The number of hydrogen-bond donors (Lipinski definition) is 1. The Labute approximate surface area is 167 Å². The van der Waals surface area contributed by atoms with Gasteiger partial charge in [-0.3, -0.25) is 9.78 Å². The highest BCUT2D eigenvalue weighted by atomic mass is 35.5. The molecule has 0 bridgehead atoms. The van der Waals surface area contributed by atoms with Crippen molar-refractivity contribution in [3.63, 3.8) is 0 Å². The number of nitrogens with zero attached hydrogens (tertiary/aromatic N) is 1. The first-order valence-corrected chi connectivity index (χ1v) is 8.80. The van der Waals surface area contributed by atoms with E-state index in [9.17, 15) is 9.18 Å². The fraction of sp³-hybridized carbons (Fsp3) is 0.143. The molecule has 1 amide bonds. The Morgan fingerprint density at radius 1 is 1.11 bits per heavy atom. The van der Waals surface area contributed by atoms with E-state index in [-0.39, 0.29) is 17.7 Å². The number of methoxy groups -OCH3 is 2. The third-order valence-corrected chi connectivity index (χ3v) is 4.41. The summed E-state index contributed by atoms with van der Waals surface area (Å²) in [5.74, 6) is 0.258. The van der Waals surface area contributed by atoms with Gasteiger partial charge >= 0.3 is 0 Å². The van der Waals surface area contributed by atoms with Crippen LogP contribution in [0.15, 0.2) is 54.7 Å². The smallest absolute Gasteiger partial charge is 0.251 e. The lowest BCUT2D eigenvalue weighted by Gasteiger charge is -2.10. The Bertz CT molecular complexity index is 988. The minimum atomic E-state index is -0.573. The Morgan fingerprint density at radius 2 is 1.82 bits per heavy atom. The Balaban J connectivity index is 1.75. The SMILES string of the molecule is COc1cc(CNC(=O)c2ccc(-c3ncccc3Cl)c(F)c2)cc(OC)c1. The van der Waals surface area contributed by atoms with E-state index in [1.165, 1.54) is 24.4 Å². The molecule has 0 saturated carbocycles. The molecule has 0 aliphatic carbocycles. The second kappa shape index (κ2) is 8.71. The number of carbonyl (C=O) groups is 1. The normalized spacial score (nSPS) is 10.4. The van der Waals surface area contributed by atoms with E-state index < -0.39 is 11.7 Å². The fourth-order valence-corrected chi connectivity index (χ4v) is 2.91.